The molecule has 0 atom stereocenters. The van der Waals surface area contributed by atoms with Gasteiger partial charge < -0.3 is 15.1 Å². The zero-order chi connectivity index (χ0) is 17.9. The van der Waals surface area contributed by atoms with Crippen molar-refractivity contribution in [2.24, 2.45) is 10.4 Å². The van der Waals surface area contributed by atoms with E-state index < -0.39 is 0 Å². The fraction of sp³-hybridized carbons (Fsp3) is 0.600. The zero-order valence-corrected chi connectivity index (χ0v) is 18.5. The summed E-state index contributed by atoms with van der Waals surface area (Å²) in [6, 6.07) is 7.91. The van der Waals surface area contributed by atoms with E-state index in [-0.39, 0.29) is 29.9 Å². The molecule has 144 valence electrons. The summed E-state index contributed by atoms with van der Waals surface area (Å²) in [5.41, 5.74) is 2.50. The molecule has 0 aromatic heterocycles. The maximum absolute atomic E-state index is 12.1. The fourth-order valence-corrected chi connectivity index (χ4v) is 3.97. The number of nitrogens with one attached hydrogen (secondary N) is 1. The predicted molar refractivity (Wildman–Crippen MR) is 117 cm³/mol. The lowest BCUT2D eigenvalue weighted by molar-refractivity contribution is 0.0827. The number of likely N-dealkylation sites (tertiary alicyclic amines) is 1. The van der Waals surface area contributed by atoms with E-state index in [9.17, 15) is 4.79 Å². The average molecular weight is 470 g/mol. The summed E-state index contributed by atoms with van der Waals surface area (Å²) in [5, 5.41) is 3.50. The van der Waals surface area contributed by atoms with Crippen LogP contribution in [0.15, 0.2) is 29.3 Å². The minimum absolute atomic E-state index is 0. The molecule has 1 aromatic rings. The molecular formula is C20H31IN4O. The van der Waals surface area contributed by atoms with Crippen molar-refractivity contribution in [2.45, 2.75) is 32.1 Å². The van der Waals surface area contributed by atoms with Gasteiger partial charge in [0.1, 0.15) is 0 Å². The smallest absolute Gasteiger partial charge is 0.253 e. The Morgan fingerprint density at radius 1 is 1.31 bits per heavy atom. The molecular weight excluding hydrogens is 439 g/mol. The highest BCUT2D eigenvalue weighted by molar-refractivity contribution is 14.0. The third-order valence-corrected chi connectivity index (χ3v) is 5.64. The van der Waals surface area contributed by atoms with Crippen LogP contribution in [0.25, 0.3) is 0 Å². The number of halogens is 1. The van der Waals surface area contributed by atoms with E-state index in [0.29, 0.717) is 5.41 Å². The lowest BCUT2D eigenvalue weighted by atomic mass is 9.68. The number of hydrogen-bond donors (Lipinski definition) is 1. The minimum atomic E-state index is 0. The van der Waals surface area contributed by atoms with Gasteiger partial charge in [-0.05, 0) is 48.8 Å². The van der Waals surface area contributed by atoms with Gasteiger partial charge in [-0.2, -0.15) is 0 Å². The molecule has 1 amide bonds. The van der Waals surface area contributed by atoms with Crippen LogP contribution in [0, 0.1) is 5.41 Å². The molecule has 26 heavy (non-hydrogen) atoms. The molecule has 3 rings (SSSR count). The van der Waals surface area contributed by atoms with Crippen molar-refractivity contribution in [2.75, 3.05) is 40.8 Å². The third-order valence-electron chi connectivity index (χ3n) is 5.64. The Morgan fingerprint density at radius 3 is 2.65 bits per heavy atom. The number of aliphatic imine (C=N–C) groups is 1. The molecule has 1 saturated carbocycles. The van der Waals surface area contributed by atoms with Gasteiger partial charge in [-0.15, -0.1) is 24.0 Å². The molecule has 1 aliphatic carbocycles. The van der Waals surface area contributed by atoms with Crippen LogP contribution in [0.5, 0.6) is 0 Å². The maximum atomic E-state index is 12.1. The lowest BCUT2D eigenvalue weighted by Gasteiger charge is -2.38. The monoisotopic (exact) mass is 470 g/mol. The minimum Gasteiger partial charge on any atom is -0.356 e. The van der Waals surface area contributed by atoms with E-state index in [1.165, 1.54) is 31.2 Å². The third kappa shape index (κ3) is 4.69. The molecule has 2 aliphatic rings. The Hall–Kier alpha value is -1.31. The van der Waals surface area contributed by atoms with Gasteiger partial charge in [-0.1, -0.05) is 18.6 Å². The van der Waals surface area contributed by atoms with E-state index in [2.05, 4.69) is 21.3 Å². The normalized spacial score (nSPS) is 18.3. The lowest BCUT2D eigenvalue weighted by Crippen LogP contribution is -2.43. The highest BCUT2D eigenvalue weighted by Crippen LogP contribution is 2.47. The SMILES string of the molecule is CN=C(NCCc1cccc(C(=O)N(C)C)c1)N1CCC2(CCC2)C1.I. The van der Waals surface area contributed by atoms with Crippen molar-refractivity contribution in [1.29, 1.82) is 0 Å². The maximum Gasteiger partial charge on any atom is 0.253 e. The highest BCUT2D eigenvalue weighted by atomic mass is 127. The van der Waals surface area contributed by atoms with Crippen LogP contribution in [0.3, 0.4) is 0 Å². The Morgan fingerprint density at radius 2 is 2.08 bits per heavy atom. The number of nitrogens with zero attached hydrogens (tertiary/aromatic N) is 3. The van der Waals surface area contributed by atoms with Crippen LogP contribution >= 0.6 is 24.0 Å². The molecule has 1 heterocycles. The van der Waals surface area contributed by atoms with Gasteiger partial charge in [0.2, 0.25) is 0 Å². The Kier molecular flexibility index (Phi) is 7.32. The van der Waals surface area contributed by atoms with Gasteiger partial charge in [-0.25, -0.2) is 0 Å². The summed E-state index contributed by atoms with van der Waals surface area (Å²) in [6.45, 7) is 3.10. The predicted octanol–water partition coefficient (Wildman–Crippen LogP) is 3.00. The first-order valence-corrected chi connectivity index (χ1v) is 9.29. The van der Waals surface area contributed by atoms with Crippen molar-refractivity contribution in [3.05, 3.63) is 35.4 Å². The molecule has 5 nitrogen and oxygen atoms in total. The first-order chi connectivity index (χ1) is 12.0. The van der Waals surface area contributed by atoms with E-state index in [0.717, 1.165) is 37.6 Å². The van der Waals surface area contributed by atoms with Crippen molar-refractivity contribution in [3.8, 4) is 0 Å². The average Bonchev–Trinajstić information content (AvgIpc) is 3.04. The number of hydrogen-bond acceptors (Lipinski definition) is 2. The molecule has 6 heteroatoms. The molecule has 0 bridgehead atoms. The number of carbonyl (C=O) groups excluding carboxylic acids is 1. The van der Waals surface area contributed by atoms with Crippen LogP contribution in [0.4, 0.5) is 0 Å². The summed E-state index contributed by atoms with van der Waals surface area (Å²) in [5.74, 6) is 1.07. The Bertz CT molecular complexity index is 655. The number of benzene rings is 1. The van der Waals surface area contributed by atoms with Crippen LogP contribution < -0.4 is 5.32 Å². The molecule has 0 radical (unpaired) electrons. The van der Waals surface area contributed by atoms with Gasteiger partial charge in [0, 0.05) is 46.3 Å². The first-order valence-electron chi connectivity index (χ1n) is 9.29. The quantitative estimate of drug-likeness (QED) is 0.418. The first kappa shape index (κ1) is 21.0. The molecule has 0 unspecified atom stereocenters. The highest BCUT2D eigenvalue weighted by Gasteiger charge is 2.43. The summed E-state index contributed by atoms with van der Waals surface area (Å²) in [6.07, 6.45) is 6.34. The standard InChI is InChI=1S/C20H30N4O.HI/c1-21-19(24-13-11-20(15-24)9-5-10-20)22-12-8-16-6-4-7-17(14-16)18(25)23(2)3;/h4,6-7,14H,5,8-13,15H2,1-3H3,(H,21,22);1H. The van der Waals surface area contributed by atoms with Crippen molar-refractivity contribution in [1.82, 2.24) is 15.1 Å². The summed E-state index contributed by atoms with van der Waals surface area (Å²) >= 11 is 0. The molecule has 1 N–H and O–H groups in total. The second-order valence-electron chi connectivity index (χ2n) is 7.65. The van der Waals surface area contributed by atoms with Gasteiger partial charge in [-0.3, -0.25) is 9.79 Å². The number of guanidine groups is 1. The van der Waals surface area contributed by atoms with Gasteiger partial charge in [0.15, 0.2) is 5.96 Å². The summed E-state index contributed by atoms with van der Waals surface area (Å²) in [4.78, 5) is 20.6. The van der Waals surface area contributed by atoms with Crippen molar-refractivity contribution in [3.63, 3.8) is 0 Å². The molecule has 1 aliphatic heterocycles. The second-order valence-corrected chi connectivity index (χ2v) is 7.65. The molecule has 1 spiro atoms. The van der Waals surface area contributed by atoms with Crippen molar-refractivity contribution >= 4 is 35.8 Å². The summed E-state index contributed by atoms with van der Waals surface area (Å²) in [7, 11) is 5.43. The van der Waals surface area contributed by atoms with E-state index in [1.807, 2.05) is 25.2 Å². The van der Waals surface area contributed by atoms with Gasteiger partial charge >= 0.3 is 0 Å². The Labute approximate surface area is 174 Å². The second kappa shape index (κ2) is 9.06. The van der Waals surface area contributed by atoms with Crippen LogP contribution in [-0.2, 0) is 6.42 Å². The van der Waals surface area contributed by atoms with Crippen molar-refractivity contribution < 1.29 is 4.79 Å². The fourth-order valence-electron chi connectivity index (χ4n) is 3.97. The Balaban J connectivity index is 0.00000243. The van der Waals surface area contributed by atoms with E-state index in [4.69, 9.17) is 0 Å². The van der Waals surface area contributed by atoms with Gasteiger partial charge in [0.25, 0.3) is 5.91 Å². The topological polar surface area (TPSA) is 47.9 Å². The van der Waals surface area contributed by atoms with E-state index >= 15 is 0 Å². The zero-order valence-electron chi connectivity index (χ0n) is 16.1. The number of amides is 1. The van der Waals surface area contributed by atoms with Crippen LogP contribution in [0.1, 0.15) is 41.6 Å². The number of carbonyl (C=O) groups is 1. The summed E-state index contributed by atoms with van der Waals surface area (Å²) < 4.78 is 0. The van der Waals surface area contributed by atoms with Crippen LogP contribution in [0.2, 0.25) is 0 Å². The molecule has 1 aromatic carbocycles. The van der Waals surface area contributed by atoms with Gasteiger partial charge in [0.05, 0.1) is 0 Å². The number of rotatable bonds is 4. The van der Waals surface area contributed by atoms with E-state index in [1.54, 1.807) is 19.0 Å². The molecule has 1 saturated heterocycles. The largest absolute Gasteiger partial charge is 0.356 e. The molecule has 2 fully saturated rings. The van der Waals surface area contributed by atoms with Crippen LogP contribution in [-0.4, -0.2) is 62.4 Å².